The van der Waals surface area contributed by atoms with E-state index in [1.54, 1.807) is 25.1 Å². The van der Waals surface area contributed by atoms with Gasteiger partial charge in [0.1, 0.15) is 11.5 Å². The molecule has 3 heterocycles. The summed E-state index contributed by atoms with van der Waals surface area (Å²) < 4.78 is 47.9. The summed E-state index contributed by atoms with van der Waals surface area (Å²) in [4.78, 5) is 17.4. The zero-order valence-corrected chi connectivity index (χ0v) is 21.1. The normalized spacial score (nSPS) is 20.5. The Bertz CT molecular complexity index is 1170. The van der Waals surface area contributed by atoms with E-state index in [0.717, 1.165) is 26.1 Å². The first-order valence-corrected chi connectivity index (χ1v) is 13.7. The first-order valence-electron chi connectivity index (χ1n) is 12.2. The minimum Gasteiger partial charge on any atom is -0.355 e. The molecule has 0 aliphatic carbocycles. The van der Waals surface area contributed by atoms with Gasteiger partial charge in [-0.3, -0.25) is 9.69 Å². The monoisotopic (exact) mass is 504 g/mol. The maximum Gasteiger partial charge on any atom is 0.248 e. The van der Waals surface area contributed by atoms with Crippen LogP contribution in [0.3, 0.4) is 0 Å². The van der Waals surface area contributed by atoms with Crippen LogP contribution in [0.25, 0.3) is 12.2 Å². The van der Waals surface area contributed by atoms with Gasteiger partial charge in [0.05, 0.1) is 5.92 Å². The summed E-state index contributed by atoms with van der Waals surface area (Å²) >= 11 is 0. The summed E-state index contributed by atoms with van der Waals surface area (Å²) in [6.07, 6.45) is 5.25. The Morgan fingerprint density at radius 1 is 1.17 bits per heavy atom. The van der Waals surface area contributed by atoms with Crippen LogP contribution >= 0.6 is 0 Å². The van der Waals surface area contributed by atoms with Crippen molar-refractivity contribution < 1.29 is 22.1 Å². The van der Waals surface area contributed by atoms with Gasteiger partial charge in [0, 0.05) is 44.8 Å². The lowest BCUT2D eigenvalue weighted by molar-refractivity contribution is -0.138. The number of rotatable bonds is 7. The largest absolute Gasteiger partial charge is 0.355 e. The molecule has 0 unspecified atom stereocenters. The molecule has 1 aromatic carbocycles. The van der Waals surface area contributed by atoms with Gasteiger partial charge < -0.3 is 9.42 Å². The molecule has 2 aromatic rings. The third kappa shape index (κ3) is 5.65. The lowest BCUT2D eigenvalue weighted by Gasteiger charge is -2.38. The van der Waals surface area contributed by atoms with Gasteiger partial charge in [-0.2, -0.15) is 4.31 Å². The second-order valence-electron chi connectivity index (χ2n) is 9.19. The average Bonchev–Trinajstić information content (AvgIpc) is 3.25. The molecule has 1 aromatic heterocycles. The van der Waals surface area contributed by atoms with E-state index in [1.807, 2.05) is 4.90 Å². The van der Waals surface area contributed by atoms with Crippen LogP contribution in [-0.4, -0.2) is 79.4 Å². The molecule has 10 heteroatoms. The first-order chi connectivity index (χ1) is 16.8. The van der Waals surface area contributed by atoms with Gasteiger partial charge in [-0.05, 0) is 50.9 Å². The van der Waals surface area contributed by atoms with Crippen LogP contribution < -0.4 is 0 Å². The number of benzene rings is 1. The van der Waals surface area contributed by atoms with Crippen molar-refractivity contribution in [1.82, 2.24) is 19.3 Å². The van der Waals surface area contributed by atoms with Gasteiger partial charge in [0.25, 0.3) is 0 Å². The van der Waals surface area contributed by atoms with Crippen LogP contribution in [0.15, 0.2) is 33.7 Å². The topological polar surface area (TPSA) is 87.0 Å². The Morgan fingerprint density at radius 2 is 1.91 bits per heavy atom. The lowest BCUT2D eigenvalue weighted by Crippen LogP contribution is -2.53. The fourth-order valence-corrected chi connectivity index (χ4v) is 6.61. The number of piperazine rings is 1. The minimum absolute atomic E-state index is 0.0303. The molecule has 0 N–H and O–H groups in total. The third-order valence-electron chi connectivity index (χ3n) is 6.71. The van der Waals surface area contributed by atoms with Gasteiger partial charge in [-0.1, -0.05) is 30.3 Å². The highest BCUT2D eigenvalue weighted by Crippen LogP contribution is 2.30. The van der Waals surface area contributed by atoms with Gasteiger partial charge >= 0.3 is 0 Å². The van der Waals surface area contributed by atoms with E-state index in [9.17, 15) is 17.6 Å². The Labute approximate surface area is 206 Å². The molecule has 0 radical (unpaired) electrons. The maximum atomic E-state index is 14.0. The Morgan fingerprint density at radius 3 is 2.63 bits per heavy atom. The number of halogens is 1. The third-order valence-corrected chi connectivity index (χ3v) is 8.73. The SMILES string of the molecule is CCCN1CCN(C(=O)[C@@H]2CCCN(S(=O)(=O)c3c(C)noc3/C=C/c3ccccc3F)C2)CC1. The fraction of sp³-hybridized carbons (Fsp3) is 0.520. The number of hydrogen-bond acceptors (Lipinski definition) is 6. The summed E-state index contributed by atoms with van der Waals surface area (Å²) in [5.74, 6) is -0.708. The number of amides is 1. The van der Waals surface area contributed by atoms with Crippen molar-refractivity contribution in [2.75, 3.05) is 45.8 Å². The molecule has 0 saturated carbocycles. The van der Waals surface area contributed by atoms with Crippen LogP contribution in [-0.2, 0) is 14.8 Å². The average molecular weight is 505 g/mol. The molecular weight excluding hydrogens is 471 g/mol. The number of piperidine rings is 1. The van der Waals surface area contributed by atoms with E-state index in [1.165, 1.54) is 22.5 Å². The van der Waals surface area contributed by atoms with E-state index in [2.05, 4.69) is 17.0 Å². The van der Waals surface area contributed by atoms with Crippen LogP contribution in [0, 0.1) is 18.7 Å². The van der Waals surface area contributed by atoms with Crippen molar-refractivity contribution in [3.63, 3.8) is 0 Å². The molecule has 35 heavy (non-hydrogen) atoms. The molecule has 0 spiro atoms. The number of aromatic nitrogens is 1. The van der Waals surface area contributed by atoms with E-state index >= 15 is 0 Å². The number of aryl methyl sites for hydroxylation is 1. The Balaban J connectivity index is 1.49. The van der Waals surface area contributed by atoms with Crippen molar-refractivity contribution >= 4 is 28.1 Å². The molecule has 2 aliphatic heterocycles. The second-order valence-corrected chi connectivity index (χ2v) is 11.1. The number of sulfonamides is 1. The highest BCUT2D eigenvalue weighted by atomic mass is 32.2. The quantitative estimate of drug-likeness (QED) is 0.575. The summed E-state index contributed by atoms with van der Waals surface area (Å²) in [6, 6.07) is 6.20. The molecule has 2 saturated heterocycles. The van der Waals surface area contributed by atoms with E-state index < -0.39 is 15.8 Å². The van der Waals surface area contributed by atoms with Crippen LogP contribution in [0.4, 0.5) is 4.39 Å². The molecule has 2 fully saturated rings. The molecule has 4 rings (SSSR count). The summed E-state index contributed by atoms with van der Waals surface area (Å²) in [5.41, 5.74) is 0.547. The van der Waals surface area contributed by atoms with Crippen molar-refractivity contribution in [3.05, 3.63) is 47.1 Å². The summed E-state index contributed by atoms with van der Waals surface area (Å²) in [5, 5.41) is 3.86. The predicted molar refractivity (Wildman–Crippen MR) is 131 cm³/mol. The predicted octanol–water partition coefficient (Wildman–Crippen LogP) is 3.25. The molecule has 190 valence electrons. The van der Waals surface area contributed by atoms with E-state index in [-0.39, 0.29) is 34.7 Å². The van der Waals surface area contributed by atoms with E-state index in [0.29, 0.717) is 38.0 Å². The van der Waals surface area contributed by atoms with Gasteiger partial charge in [-0.25, -0.2) is 12.8 Å². The summed E-state index contributed by atoms with van der Waals surface area (Å²) in [6.45, 7) is 8.28. The maximum absolute atomic E-state index is 14.0. The number of carbonyl (C=O) groups is 1. The molecule has 2 aliphatic rings. The lowest BCUT2D eigenvalue weighted by atomic mass is 9.98. The van der Waals surface area contributed by atoms with Gasteiger partial charge in [-0.15, -0.1) is 0 Å². The van der Waals surface area contributed by atoms with E-state index in [4.69, 9.17) is 4.52 Å². The highest BCUT2D eigenvalue weighted by Gasteiger charge is 2.38. The number of nitrogens with zero attached hydrogens (tertiary/aromatic N) is 4. The van der Waals surface area contributed by atoms with Crippen molar-refractivity contribution in [2.24, 2.45) is 5.92 Å². The standard InChI is InChI=1S/C25H33FN4O4S/c1-3-12-28-14-16-29(17-15-28)25(31)21-8-6-13-30(18-21)35(32,33)24-19(2)27-34-23(24)11-10-20-7-4-5-9-22(20)26/h4-5,7,9-11,21H,3,6,8,12-18H2,1-2H3/b11-10+/t21-/m1/s1. The zero-order chi connectivity index (χ0) is 25.0. The first kappa shape index (κ1) is 25.5. The number of hydrogen-bond donors (Lipinski definition) is 0. The van der Waals surface area contributed by atoms with Crippen LogP contribution in [0.1, 0.15) is 43.2 Å². The second kappa shape index (κ2) is 11.0. The van der Waals surface area contributed by atoms with Crippen molar-refractivity contribution in [2.45, 2.75) is 38.0 Å². The number of carbonyl (C=O) groups excluding carboxylic acids is 1. The Kier molecular flexibility index (Phi) is 8.03. The van der Waals surface area contributed by atoms with Crippen molar-refractivity contribution in [1.29, 1.82) is 0 Å². The van der Waals surface area contributed by atoms with Crippen LogP contribution in [0.2, 0.25) is 0 Å². The molecule has 0 bridgehead atoms. The highest BCUT2D eigenvalue weighted by molar-refractivity contribution is 7.89. The molecule has 8 nitrogen and oxygen atoms in total. The van der Waals surface area contributed by atoms with Crippen LogP contribution in [0.5, 0.6) is 0 Å². The molecule has 1 atom stereocenters. The molecular formula is C25H33FN4O4S. The molecule has 1 amide bonds. The summed E-state index contributed by atoms with van der Waals surface area (Å²) in [7, 11) is -3.95. The Hall–Kier alpha value is -2.56. The van der Waals surface area contributed by atoms with Gasteiger partial charge in [0.15, 0.2) is 10.7 Å². The fourth-order valence-electron chi connectivity index (χ4n) is 4.83. The zero-order valence-electron chi connectivity index (χ0n) is 20.3. The minimum atomic E-state index is -3.95. The van der Waals surface area contributed by atoms with Crippen molar-refractivity contribution in [3.8, 4) is 0 Å². The smallest absolute Gasteiger partial charge is 0.248 e. The van der Waals surface area contributed by atoms with Gasteiger partial charge in [0.2, 0.25) is 15.9 Å².